The summed E-state index contributed by atoms with van der Waals surface area (Å²) < 4.78 is 26.2. The molecule has 6 heteroatoms. The Morgan fingerprint density at radius 3 is 1.25 bits per heavy atom. The fourth-order valence-corrected chi connectivity index (χ4v) is 6.46. The molecule has 2 saturated carbocycles. The Morgan fingerprint density at radius 1 is 0.607 bits per heavy atom. The smallest absolute Gasteiger partial charge is 0.407 e. The minimum absolute atomic E-state index is 0.103. The fourth-order valence-electron chi connectivity index (χ4n) is 6.46. The molecule has 0 radical (unpaired) electrons. The maximum absolute atomic E-state index is 6.63. The van der Waals surface area contributed by atoms with Crippen LogP contribution in [0.15, 0.2) is 0 Å². The first kappa shape index (κ1) is 21.2. The van der Waals surface area contributed by atoms with E-state index in [1.54, 1.807) is 0 Å². The SMILES string of the molecule is CC1CC2OB(B3OC4C[C@H](C)C(C)(C)[C@H](C)[C@]4(C)O3)O[C@@]2(C)[C@@H](C)C1(C)C. The van der Waals surface area contributed by atoms with Gasteiger partial charge in [0.05, 0.1) is 23.4 Å². The van der Waals surface area contributed by atoms with Crippen molar-refractivity contribution in [3.8, 4) is 0 Å². The summed E-state index contributed by atoms with van der Waals surface area (Å²) >= 11 is 0. The van der Waals surface area contributed by atoms with Gasteiger partial charge in [0, 0.05) is 0 Å². The lowest BCUT2D eigenvalue weighted by molar-refractivity contribution is -0.110. The van der Waals surface area contributed by atoms with Crippen molar-refractivity contribution in [3.63, 3.8) is 0 Å². The lowest BCUT2D eigenvalue weighted by atomic mass is 9.49. The van der Waals surface area contributed by atoms with Gasteiger partial charge in [-0.3, -0.25) is 0 Å². The minimum Gasteiger partial charge on any atom is -0.407 e. The van der Waals surface area contributed by atoms with Crippen LogP contribution in [0.2, 0.25) is 0 Å². The van der Waals surface area contributed by atoms with Crippen LogP contribution < -0.4 is 0 Å². The lowest BCUT2D eigenvalue weighted by Crippen LogP contribution is -2.56. The fraction of sp³-hybridized carbons (Fsp3) is 1.00. The molecule has 0 aromatic rings. The molecule has 0 spiro atoms. The second kappa shape index (κ2) is 6.24. The average Bonchev–Trinajstić information content (AvgIpc) is 3.11. The van der Waals surface area contributed by atoms with Crippen LogP contribution >= 0.6 is 0 Å². The van der Waals surface area contributed by atoms with Crippen molar-refractivity contribution in [1.82, 2.24) is 0 Å². The molecular weight excluding hydrogens is 350 g/mol. The van der Waals surface area contributed by atoms with Crippen LogP contribution in [0.25, 0.3) is 0 Å². The van der Waals surface area contributed by atoms with Crippen molar-refractivity contribution in [2.24, 2.45) is 34.5 Å². The topological polar surface area (TPSA) is 36.9 Å². The molecule has 0 aromatic carbocycles. The average molecular weight is 390 g/mol. The predicted octanol–water partition coefficient (Wildman–Crippen LogP) is 4.79. The van der Waals surface area contributed by atoms with Gasteiger partial charge >= 0.3 is 14.0 Å². The van der Waals surface area contributed by atoms with Crippen molar-refractivity contribution in [1.29, 1.82) is 0 Å². The van der Waals surface area contributed by atoms with E-state index in [0.717, 1.165) is 12.8 Å². The molecule has 3 unspecified atom stereocenters. The van der Waals surface area contributed by atoms with E-state index >= 15 is 0 Å². The van der Waals surface area contributed by atoms with E-state index in [2.05, 4.69) is 69.2 Å². The van der Waals surface area contributed by atoms with Crippen LogP contribution in [0.5, 0.6) is 0 Å². The highest BCUT2D eigenvalue weighted by molar-refractivity contribution is 7.11. The Bertz CT molecular complexity index is 586. The standard InChI is InChI=1S/C22H40B2O4/c1-13-11-17-21(9,15(3)19(13,5)6)27-23(25-17)24-26-18-12-14(2)20(7,8)16(4)22(18,10)28-24/h13-18H,11-12H2,1-10H3/t13-,14?,15-,16-,17?,18?,21-,22-/m0/s1. The van der Waals surface area contributed by atoms with Crippen molar-refractivity contribution in [2.75, 3.05) is 0 Å². The van der Waals surface area contributed by atoms with Gasteiger partial charge in [0.1, 0.15) is 0 Å². The first-order valence-corrected chi connectivity index (χ1v) is 11.4. The van der Waals surface area contributed by atoms with Gasteiger partial charge < -0.3 is 18.6 Å². The maximum atomic E-state index is 6.63. The first-order valence-electron chi connectivity index (χ1n) is 11.4. The summed E-state index contributed by atoms with van der Waals surface area (Å²) in [6.45, 7) is 23.2. The van der Waals surface area contributed by atoms with Gasteiger partial charge in [-0.2, -0.15) is 0 Å². The summed E-state index contributed by atoms with van der Waals surface area (Å²) in [4.78, 5) is 0. The molecule has 0 N–H and O–H groups in total. The lowest BCUT2D eigenvalue weighted by Gasteiger charge is -2.53. The summed E-state index contributed by atoms with van der Waals surface area (Å²) in [5, 5.41) is 0. The quantitative estimate of drug-likeness (QED) is 0.604. The van der Waals surface area contributed by atoms with Crippen LogP contribution in [0.1, 0.15) is 82.1 Å². The summed E-state index contributed by atoms with van der Waals surface area (Å²) in [6, 6.07) is 0. The molecule has 4 nitrogen and oxygen atoms in total. The third-order valence-electron chi connectivity index (χ3n) is 10.5. The Labute approximate surface area is 173 Å². The summed E-state index contributed by atoms with van der Waals surface area (Å²) in [7, 11) is -0.877. The zero-order valence-electron chi connectivity index (χ0n) is 19.7. The Hall–Kier alpha value is -0.0301. The molecule has 0 amide bonds. The van der Waals surface area contributed by atoms with Gasteiger partial charge in [-0.15, -0.1) is 0 Å². The van der Waals surface area contributed by atoms with Gasteiger partial charge in [0.15, 0.2) is 0 Å². The van der Waals surface area contributed by atoms with Crippen molar-refractivity contribution in [2.45, 2.75) is 105 Å². The molecule has 2 aliphatic heterocycles. The third kappa shape index (κ3) is 2.66. The van der Waals surface area contributed by atoms with Crippen molar-refractivity contribution < 1.29 is 18.6 Å². The van der Waals surface area contributed by atoms with Crippen LogP contribution in [0, 0.1) is 34.5 Å². The second-order valence-electron chi connectivity index (χ2n) is 11.9. The van der Waals surface area contributed by atoms with E-state index in [0.29, 0.717) is 23.7 Å². The number of hydrogen-bond donors (Lipinski definition) is 0. The molecule has 2 saturated heterocycles. The molecule has 0 bridgehead atoms. The molecule has 8 atom stereocenters. The molecule has 2 aliphatic carbocycles. The minimum atomic E-state index is -0.438. The Kier molecular flexibility index (Phi) is 4.73. The normalized spacial score (nSPS) is 52.5. The summed E-state index contributed by atoms with van der Waals surface area (Å²) in [5.74, 6) is 1.98. The second-order valence-corrected chi connectivity index (χ2v) is 11.9. The van der Waals surface area contributed by atoms with Crippen LogP contribution in [-0.4, -0.2) is 37.4 Å². The van der Waals surface area contributed by atoms with E-state index in [1.165, 1.54) is 0 Å². The van der Waals surface area contributed by atoms with Crippen molar-refractivity contribution in [3.05, 3.63) is 0 Å². The molecule has 4 aliphatic rings. The highest BCUT2D eigenvalue weighted by atomic mass is 16.7. The zero-order chi connectivity index (χ0) is 20.9. The number of fused-ring (bicyclic) bond motifs is 2. The Morgan fingerprint density at radius 2 is 0.929 bits per heavy atom. The monoisotopic (exact) mass is 390 g/mol. The Balaban J connectivity index is 1.55. The van der Waals surface area contributed by atoms with Crippen LogP contribution in [0.3, 0.4) is 0 Å². The summed E-state index contributed by atoms with van der Waals surface area (Å²) in [6.07, 6.45) is 2.26. The van der Waals surface area contributed by atoms with Gasteiger partial charge in [-0.05, 0) is 61.2 Å². The highest BCUT2D eigenvalue weighted by Crippen LogP contribution is 2.57. The zero-order valence-corrected chi connectivity index (χ0v) is 19.7. The van der Waals surface area contributed by atoms with Crippen LogP contribution in [-0.2, 0) is 18.6 Å². The molecule has 4 rings (SSSR count). The molecular formula is C22H40B2O4. The number of hydrogen-bond acceptors (Lipinski definition) is 4. The van der Waals surface area contributed by atoms with E-state index in [1.807, 2.05) is 0 Å². The predicted molar refractivity (Wildman–Crippen MR) is 114 cm³/mol. The van der Waals surface area contributed by atoms with Gasteiger partial charge in [-0.1, -0.05) is 55.4 Å². The number of rotatable bonds is 1. The molecule has 158 valence electrons. The molecule has 28 heavy (non-hydrogen) atoms. The molecule has 2 heterocycles. The van der Waals surface area contributed by atoms with E-state index in [4.69, 9.17) is 18.6 Å². The van der Waals surface area contributed by atoms with E-state index in [9.17, 15) is 0 Å². The van der Waals surface area contributed by atoms with Gasteiger partial charge in [0.25, 0.3) is 0 Å². The first-order chi connectivity index (χ1) is 12.7. The largest absolute Gasteiger partial charge is 0.488 e. The highest BCUT2D eigenvalue weighted by Gasteiger charge is 2.68. The molecule has 0 aromatic heterocycles. The molecule has 4 fully saturated rings. The third-order valence-corrected chi connectivity index (χ3v) is 10.5. The van der Waals surface area contributed by atoms with Crippen LogP contribution in [0.4, 0.5) is 0 Å². The van der Waals surface area contributed by atoms with Crippen molar-refractivity contribution >= 4 is 14.0 Å². The summed E-state index contributed by atoms with van der Waals surface area (Å²) in [5.41, 5.74) is -0.149. The van der Waals surface area contributed by atoms with E-state index in [-0.39, 0.29) is 34.2 Å². The van der Waals surface area contributed by atoms with E-state index < -0.39 is 14.0 Å². The maximum Gasteiger partial charge on any atom is 0.488 e. The van der Waals surface area contributed by atoms with Gasteiger partial charge in [0.2, 0.25) is 0 Å². The van der Waals surface area contributed by atoms with Gasteiger partial charge in [-0.25, -0.2) is 0 Å².